The van der Waals surface area contributed by atoms with Gasteiger partial charge in [0.25, 0.3) is 0 Å². The van der Waals surface area contributed by atoms with E-state index in [2.05, 4.69) is 46.5 Å². The highest BCUT2D eigenvalue weighted by atomic mass is 79.9. The fourth-order valence-corrected chi connectivity index (χ4v) is 4.49. The standard InChI is InChI=1S/C18H18BrN9/c19-12-7-22-28-16(12)25-18(27-9-10-5-11(27)6-20-10)26-17(28)21-8-15-23-13-3-1-2-4-14(13)24-15/h1-4,7,10-11,20H,5-6,8-9H2,(H,23,24)(H,21,25,26)/t10-,11-/m1/s1. The Morgan fingerprint density at radius 3 is 2.96 bits per heavy atom. The van der Waals surface area contributed by atoms with Crippen molar-refractivity contribution in [2.75, 3.05) is 23.3 Å². The van der Waals surface area contributed by atoms with E-state index in [9.17, 15) is 0 Å². The quantitative estimate of drug-likeness (QED) is 0.446. The molecule has 2 fully saturated rings. The van der Waals surface area contributed by atoms with Crippen molar-refractivity contribution in [2.24, 2.45) is 0 Å². The third-order valence-electron chi connectivity index (χ3n) is 5.48. The molecule has 2 aliphatic heterocycles. The molecule has 0 unspecified atom stereocenters. The number of H-pyrrole nitrogens is 1. The van der Waals surface area contributed by atoms with Crippen LogP contribution in [0.5, 0.6) is 0 Å². The summed E-state index contributed by atoms with van der Waals surface area (Å²) in [6.45, 7) is 2.45. The molecule has 9 nitrogen and oxygen atoms in total. The molecule has 0 amide bonds. The third-order valence-corrected chi connectivity index (χ3v) is 6.04. The molecule has 0 spiro atoms. The van der Waals surface area contributed by atoms with Gasteiger partial charge in [-0.3, -0.25) is 0 Å². The Bertz CT molecular complexity index is 1150. The molecule has 1 aromatic carbocycles. The van der Waals surface area contributed by atoms with Crippen LogP contribution in [0.3, 0.4) is 0 Å². The number of fused-ring (bicyclic) bond motifs is 4. The zero-order valence-corrected chi connectivity index (χ0v) is 16.5. The first-order valence-corrected chi connectivity index (χ1v) is 10.1. The van der Waals surface area contributed by atoms with Crippen LogP contribution in [-0.2, 0) is 6.54 Å². The van der Waals surface area contributed by atoms with Gasteiger partial charge in [-0.1, -0.05) is 12.1 Å². The minimum Gasteiger partial charge on any atom is -0.347 e. The van der Waals surface area contributed by atoms with Crippen molar-refractivity contribution in [3.05, 3.63) is 40.8 Å². The minimum absolute atomic E-state index is 0.456. The number of aromatic amines is 1. The van der Waals surface area contributed by atoms with E-state index in [1.807, 2.05) is 24.3 Å². The zero-order chi connectivity index (χ0) is 18.7. The second-order valence-electron chi connectivity index (χ2n) is 7.28. The van der Waals surface area contributed by atoms with E-state index in [1.54, 1.807) is 10.7 Å². The molecule has 10 heteroatoms. The Balaban J connectivity index is 1.34. The fourth-order valence-electron chi connectivity index (χ4n) is 4.14. The van der Waals surface area contributed by atoms with Crippen molar-refractivity contribution in [1.82, 2.24) is 34.9 Å². The lowest BCUT2D eigenvalue weighted by molar-refractivity contribution is 0.571. The highest BCUT2D eigenvalue weighted by Crippen LogP contribution is 2.29. The SMILES string of the molecule is Brc1cnn2c(NCc3nc4ccccc4[nH]3)nc(N3C[C@H]4C[C@@H]3CN4)nc12. The summed E-state index contributed by atoms with van der Waals surface area (Å²) in [5.41, 5.74) is 2.73. The summed E-state index contributed by atoms with van der Waals surface area (Å²) >= 11 is 3.55. The van der Waals surface area contributed by atoms with Crippen LogP contribution < -0.4 is 15.5 Å². The fraction of sp³-hybridized carbons (Fsp3) is 0.333. The summed E-state index contributed by atoms with van der Waals surface area (Å²) in [5.74, 6) is 2.25. The number of hydrogen-bond acceptors (Lipinski definition) is 7. The van der Waals surface area contributed by atoms with Gasteiger partial charge in [0, 0.05) is 25.2 Å². The van der Waals surface area contributed by atoms with E-state index >= 15 is 0 Å². The van der Waals surface area contributed by atoms with Crippen molar-refractivity contribution in [3.8, 4) is 0 Å². The molecule has 142 valence electrons. The van der Waals surface area contributed by atoms with Crippen LogP contribution in [0.2, 0.25) is 0 Å². The van der Waals surface area contributed by atoms with E-state index in [4.69, 9.17) is 9.97 Å². The van der Waals surface area contributed by atoms with Crippen LogP contribution in [0, 0.1) is 0 Å². The van der Waals surface area contributed by atoms with Crippen LogP contribution in [0.25, 0.3) is 16.7 Å². The van der Waals surface area contributed by atoms with Gasteiger partial charge in [0.1, 0.15) is 5.82 Å². The number of halogens is 1. The molecule has 4 aromatic rings. The predicted octanol–water partition coefficient (Wildman–Crippen LogP) is 1.93. The van der Waals surface area contributed by atoms with Crippen LogP contribution in [0.15, 0.2) is 34.9 Å². The summed E-state index contributed by atoms with van der Waals surface area (Å²) in [6.07, 6.45) is 2.90. The lowest BCUT2D eigenvalue weighted by Crippen LogP contribution is -2.44. The van der Waals surface area contributed by atoms with Gasteiger partial charge in [-0.25, -0.2) is 4.98 Å². The van der Waals surface area contributed by atoms with Gasteiger partial charge >= 0.3 is 0 Å². The van der Waals surface area contributed by atoms with Gasteiger partial charge in [-0.2, -0.15) is 19.6 Å². The van der Waals surface area contributed by atoms with Gasteiger partial charge in [-0.05, 0) is 34.5 Å². The van der Waals surface area contributed by atoms with Crippen molar-refractivity contribution in [3.63, 3.8) is 0 Å². The van der Waals surface area contributed by atoms with Gasteiger partial charge in [0.15, 0.2) is 5.65 Å². The first-order valence-electron chi connectivity index (χ1n) is 9.33. The normalized spacial score (nSPS) is 21.2. The molecule has 2 aliphatic rings. The number of para-hydroxylation sites is 2. The topological polar surface area (TPSA) is 99.1 Å². The molecular weight excluding hydrogens is 422 g/mol. The average molecular weight is 440 g/mol. The Hall–Kier alpha value is -2.72. The van der Waals surface area contributed by atoms with Crippen LogP contribution in [0.4, 0.5) is 11.9 Å². The molecule has 3 aromatic heterocycles. The monoisotopic (exact) mass is 439 g/mol. The Kier molecular flexibility index (Phi) is 3.57. The minimum atomic E-state index is 0.456. The number of imidazole rings is 1. The van der Waals surface area contributed by atoms with E-state index in [1.165, 1.54) is 0 Å². The van der Waals surface area contributed by atoms with Crippen LogP contribution in [-0.4, -0.2) is 54.7 Å². The van der Waals surface area contributed by atoms with Crippen molar-refractivity contribution < 1.29 is 0 Å². The lowest BCUT2D eigenvalue weighted by atomic mass is 10.2. The maximum absolute atomic E-state index is 4.80. The summed E-state index contributed by atoms with van der Waals surface area (Å²) in [4.78, 5) is 19.8. The number of nitrogens with one attached hydrogen (secondary N) is 3. The summed E-state index contributed by atoms with van der Waals surface area (Å²) in [5, 5.41) is 11.3. The number of hydrogen-bond donors (Lipinski definition) is 3. The highest BCUT2D eigenvalue weighted by Gasteiger charge is 2.39. The van der Waals surface area contributed by atoms with E-state index in [0.717, 1.165) is 52.4 Å². The van der Waals surface area contributed by atoms with Gasteiger partial charge in [-0.15, -0.1) is 0 Å². The Morgan fingerprint density at radius 1 is 1.21 bits per heavy atom. The smallest absolute Gasteiger partial charge is 0.231 e. The number of benzene rings is 1. The number of piperazine rings is 1. The molecular formula is C18H18BrN9. The number of anilines is 2. The Morgan fingerprint density at radius 2 is 2.14 bits per heavy atom. The molecule has 5 heterocycles. The van der Waals surface area contributed by atoms with Crippen LogP contribution >= 0.6 is 15.9 Å². The number of nitrogens with zero attached hydrogens (tertiary/aromatic N) is 6. The van der Waals surface area contributed by atoms with Crippen LogP contribution in [0.1, 0.15) is 12.2 Å². The second-order valence-corrected chi connectivity index (χ2v) is 8.13. The molecule has 0 saturated carbocycles. The molecule has 2 saturated heterocycles. The van der Waals surface area contributed by atoms with Crippen molar-refractivity contribution >= 4 is 44.5 Å². The maximum atomic E-state index is 4.80. The first kappa shape index (κ1) is 16.3. The second kappa shape index (κ2) is 6.14. The summed E-state index contributed by atoms with van der Waals surface area (Å²) in [7, 11) is 0. The Labute approximate surface area is 168 Å². The number of rotatable bonds is 4. The summed E-state index contributed by atoms with van der Waals surface area (Å²) in [6, 6.07) is 8.99. The molecule has 0 radical (unpaired) electrons. The largest absolute Gasteiger partial charge is 0.347 e. The third kappa shape index (κ3) is 2.55. The summed E-state index contributed by atoms with van der Waals surface area (Å²) < 4.78 is 2.58. The number of aromatic nitrogens is 6. The van der Waals surface area contributed by atoms with E-state index in [0.29, 0.717) is 24.6 Å². The molecule has 28 heavy (non-hydrogen) atoms. The van der Waals surface area contributed by atoms with Crippen molar-refractivity contribution in [1.29, 1.82) is 0 Å². The average Bonchev–Trinajstić information content (AvgIpc) is 3.49. The molecule has 2 bridgehead atoms. The molecule has 0 aliphatic carbocycles. The van der Waals surface area contributed by atoms with Gasteiger partial charge in [0.05, 0.1) is 28.2 Å². The molecule has 2 atom stereocenters. The molecule has 6 rings (SSSR count). The maximum Gasteiger partial charge on any atom is 0.231 e. The molecule has 3 N–H and O–H groups in total. The highest BCUT2D eigenvalue weighted by molar-refractivity contribution is 9.10. The predicted molar refractivity (Wildman–Crippen MR) is 109 cm³/mol. The van der Waals surface area contributed by atoms with E-state index < -0.39 is 0 Å². The van der Waals surface area contributed by atoms with Crippen molar-refractivity contribution in [2.45, 2.75) is 25.0 Å². The lowest BCUT2D eigenvalue weighted by Gasteiger charge is -2.27. The zero-order valence-electron chi connectivity index (χ0n) is 14.9. The van der Waals surface area contributed by atoms with E-state index in [-0.39, 0.29) is 0 Å². The van der Waals surface area contributed by atoms with Gasteiger partial charge in [0.2, 0.25) is 11.9 Å². The first-order chi connectivity index (χ1) is 13.7. The van der Waals surface area contributed by atoms with Gasteiger partial charge < -0.3 is 20.5 Å².